The van der Waals surface area contributed by atoms with Gasteiger partial charge in [0.15, 0.2) is 17.8 Å². The standard InChI is InChI=1S/C18H28O10/c1-24-11-5-9(6-12(25-2)17(11)26-3)4-10(7-19)27-18-16(23)15(22)14(21)13(8-20)28-18/h5-6,10,13-16,18-23H,4,7-8H2,1-3H3/t10-,13-,14-,15+,16-,18-/m1/s1. The first-order valence-corrected chi connectivity index (χ1v) is 8.75. The van der Waals surface area contributed by atoms with Gasteiger partial charge < -0.3 is 49.2 Å². The average Bonchev–Trinajstić information content (AvgIpc) is 2.72. The molecule has 0 bridgehead atoms. The zero-order chi connectivity index (χ0) is 20.8. The van der Waals surface area contributed by atoms with Crippen molar-refractivity contribution in [3.05, 3.63) is 17.7 Å². The molecule has 10 heteroatoms. The summed E-state index contributed by atoms with van der Waals surface area (Å²) in [6.45, 7) is -0.979. The van der Waals surface area contributed by atoms with E-state index in [2.05, 4.69) is 0 Å². The van der Waals surface area contributed by atoms with Crippen LogP contribution in [0, 0.1) is 0 Å². The lowest BCUT2D eigenvalue weighted by Crippen LogP contribution is -2.59. The summed E-state index contributed by atoms with van der Waals surface area (Å²) in [7, 11) is 4.45. The van der Waals surface area contributed by atoms with Gasteiger partial charge in [0, 0.05) is 6.42 Å². The molecule has 10 nitrogen and oxygen atoms in total. The summed E-state index contributed by atoms with van der Waals surface area (Å²) < 4.78 is 26.8. The van der Waals surface area contributed by atoms with Crippen LogP contribution in [-0.2, 0) is 15.9 Å². The number of hydrogen-bond acceptors (Lipinski definition) is 10. The summed E-state index contributed by atoms with van der Waals surface area (Å²) >= 11 is 0. The predicted molar refractivity (Wildman–Crippen MR) is 95.5 cm³/mol. The molecule has 1 aliphatic heterocycles. The second-order valence-corrected chi connectivity index (χ2v) is 6.38. The maximum Gasteiger partial charge on any atom is 0.203 e. The Hall–Kier alpha value is -1.66. The molecule has 0 radical (unpaired) electrons. The quantitative estimate of drug-likeness (QED) is 0.327. The van der Waals surface area contributed by atoms with Crippen LogP contribution in [0.4, 0.5) is 0 Å². The van der Waals surface area contributed by atoms with Crippen LogP contribution in [0.2, 0.25) is 0 Å². The Morgan fingerprint density at radius 1 is 0.929 bits per heavy atom. The SMILES string of the molecule is COc1cc(C[C@H](CO)O[C@@H]2O[C@H](CO)[C@@H](O)[C@H](O)[C@H]2O)cc(OC)c1OC. The molecule has 0 amide bonds. The van der Waals surface area contributed by atoms with E-state index in [-0.39, 0.29) is 6.42 Å². The molecule has 1 heterocycles. The molecule has 6 atom stereocenters. The van der Waals surface area contributed by atoms with E-state index >= 15 is 0 Å². The lowest BCUT2D eigenvalue weighted by molar-refractivity contribution is -0.313. The van der Waals surface area contributed by atoms with Gasteiger partial charge in [-0.3, -0.25) is 0 Å². The summed E-state index contributed by atoms with van der Waals surface area (Å²) in [5.74, 6) is 1.28. The van der Waals surface area contributed by atoms with Gasteiger partial charge in [-0.1, -0.05) is 0 Å². The number of hydrogen-bond donors (Lipinski definition) is 5. The fourth-order valence-corrected chi connectivity index (χ4v) is 3.04. The highest BCUT2D eigenvalue weighted by atomic mass is 16.7. The molecule has 0 aromatic heterocycles. The van der Waals surface area contributed by atoms with E-state index in [1.807, 2.05) is 0 Å². The van der Waals surface area contributed by atoms with E-state index in [4.69, 9.17) is 23.7 Å². The molecule has 1 aliphatic rings. The zero-order valence-corrected chi connectivity index (χ0v) is 16.0. The molecule has 2 rings (SSSR count). The first kappa shape index (κ1) is 22.6. The molecule has 160 valence electrons. The van der Waals surface area contributed by atoms with Crippen molar-refractivity contribution in [1.29, 1.82) is 0 Å². The van der Waals surface area contributed by atoms with Gasteiger partial charge in [0.2, 0.25) is 5.75 Å². The second kappa shape index (κ2) is 10.2. The van der Waals surface area contributed by atoms with Crippen LogP contribution in [-0.4, -0.2) is 96.9 Å². The van der Waals surface area contributed by atoms with Crippen LogP contribution in [0.5, 0.6) is 17.2 Å². The van der Waals surface area contributed by atoms with Crippen molar-refractivity contribution in [3.8, 4) is 17.2 Å². The molecule has 1 aromatic carbocycles. The molecular weight excluding hydrogens is 376 g/mol. The van der Waals surface area contributed by atoms with Crippen LogP contribution in [0.15, 0.2) is 12.1 Å². The van der Waals surface area contributed by atoms with Crippen molar-refractivity contribution in [2.24, 2.45) is 0 Å². The fraction of sp³-hybridized carbons (Fsp3) is 0.667. The molecule has 28 heavy (non-hydrogen) atoms. The summed E-state index contributed by atoms with van der Waals surface area (Å²) in [5.41, 5.74) is 0.693. The number of aliphatic hydroxyl groups excluding tert-OH is 5. The van der Waals surface area contributed by atoms with Crippen LogP contribution in [0.1, 0.15) is 5.56 Å². The average molecular weight is 404 g/mol. The summed E-state index contributed by atoms with van der Waals surface area (Å²) in [4.78, 5) is 0. The first-order valence-electron chi connectivity index (χ1n) is 8.75. The first-order chi connectivity index (χ1) is 13.4. The van der Waals surface area contributed by atoms with Gasteiger partial charge in [-0.15, -0.1) is 0 Å². The second-order valence-electron chi connectivity index (χ2n) is 6.38. The van der Waals surface area contributed by atoms with Crippen molar-refractivity contribution >= 4 is 0 Å². The van der Waals surface area contributed by atoms with Crippen molar-refractivity contribution in [1.82, 2.24) is 0 Å². The minimum atomic E-state index is -1.56. The third kappa shape index (κ3) is 4.84. The Morgan fingerprint density at radius 3 is 2.00 bits per heavy atom. The molecule has 5 N–H and O–H groups in total. The largest absolute Gasteiger partial charge is 0.493 e. The normalized spacial score (nSPS) is 28.6. The number of aliphatic hydroxyl groups is 5. The van der Waals surface area contributed by atoms with Gasteiger partial charge >= 0.3 is 0 Å². The van der Waals surface area contributed by atoms with Gasteiger partial charge in [0.05, 0.1) is 40.6 Å². The Morgan fingerprint density at radius 2 is 1.54 bits per heavy atom. The monoisotopic (exact) mass is 404 g/mol. The molecule has 0 saturated carbocycles. The summed E-state index contributed by atoms with van der Waals surface area (Å²) in [6.07, 6.45) is -7.64. The number of rotatable bonds is 9. The minimum Gasteiger partial charge on any atom is -0.493 e. The Kier molecular flexibility index (Phi) is 8.25. The highest BCUT2D eigenvalue weighted by Gasteiger charge is 2.44. The maximum atomic E-state index is 10.1. The van der Waals surface area contributed by atoms with Gasteiger partial charge in [-0.05, 0) is 17.7 Å². The lowest BCUT2D eigenvalue weighted by Gasteiger charge is -2.40. The summed E-state index contributed by atoms with van der Waals surface area (Å²) in [5, 5.41) is 48.7. The van der Waals surface area contributed by atoms with E-state index in [1.165, 1.54) is 21.3 Å². The van der Waals surface area contributed by atoms with E-state index in [0.29, 0.717) is 22.8 Å². The van der Waals surface area contributed by atoms with Crippen molar-refractivity contribution in [2.75, 3.05) is 34.5 Å². The molecule has 0 aliphatic carbocycles. The molecule has 1 aromatic rings. The van der Waals surface area contributed by atoms with E-state index in [9.17, 15) is 25.5 Å². The third-order valence-corrected chi connectivity index (χ3v) is 4.57. The number of ether oxygens (including phenoxy) is 5. The zero-order valence-electron chi connectivity index (χ0n) is 16.0. The van der Waals surface area contributed by atoms with Gasteiger partial charge in [0.25, 0.3) is 0 Å². The van der Waals surface area contributed by atoms with E-state index in [1.54, 1.807) is 12.1 Å². The molecule has 1 saturated heterocycles. The third-order valence-electron chi connectivity index (χ3n) is 4.57. The molecule has 0 spiro atoms. The van der Waals surface area contributed by atoms with Crippen molar-refractivity contribution < 1.29 is 49.2 Å². The highest BCUT2D eigenvalue weighted by Crippen LogP contribution is 2.38. The number of benzene rings is 1. The Balaban J connectivity index is 2.16. The van der Waals surface area contributed by atoms with Crippen LogP contribution in [0.25, 0.3) is 0 Å². The van der Waals surface area contributed by atoms with Crippen LogP contribution >= 0.6 is 0 Å². The Bertz CT molecular complexity index is 597. The van der Waals surface area contributed by atoms with Gasteiger partial charge in [-0.25, -0.2) is 0 Å². The maximum absolute atomic E-state index is 10.1. The fourth-order valence-electron chi connectivity index (χ4n) is 3.04. The van der Waals surface area contributed by atoms with E-state index in [0.717, 1.165) is 0 Å². The number of methoxy groups -OCH3 is 3. The van der Waals surface area contributed by atoms with Crippen molar-refractivity contribution in [2.45, 2.75) is 43.2 Å². The lowest BCUT2D eigenvalue weighted by atomic mass is 9.99. The smallest absolute Gasteiger partial charge is 0.203 e. The summed E-state index contributed by atoms with van der Waals surface area (Å²) in [6, 6.07) is 3.39. The molecular formula is C18H28O10. The minimum absolute atomic E-state index is 0.197. The van der Waals surface area contributed by atoms with Gasteiger partial charge in [0.1, 0.15) is 24.4 Å². The van der Waals surface area contributed by atoms with Crippen LogP contribution < -0.4 is 14.2 Å². The topological polar surface area (TPSA) is 147 Å². The molecule has 0 unspecified atom stereocenters. The van der Waals surface area contributed by atoms with Gasteiger partial charge in [-0.2, -0.15) is 0 Å². The highest BCUT2D eigenvalue weighted by molar-refractivity contribution is 5.53. The van der Waals surface area contributed by atoms with Crippen molar-refractivity contribution in [3.63, 3.8) is 0 Å². The predicted octanol–water partition coefficient (Wildman–Crippen LogP) is -1.57. The van der Waals surface area contributed by atoms with Crippen LogP contribution in [0.3, 0.4) is 0 Å². The van der Waals surface area contributed by atoms with E-state index < -0.39 is 50.0 Å². The Labute approximate surface area is 162 Å². The molecule has 1 fully saturated rings.